The number of benzene rings is 2. The molecule has 0 aliphatic carbocycles. The summed E-state index contributed by atoms with van der Waals surface area (Å²) in [5.74, 6) is -1.05. The predicted octanol–water partition coefficient (Wildman–Crippen LogP) is 4.79. The lowest BCUT2D eigenvalue weighted by Gasteiger charge is -2.22. The van der Waals surface area contributed by atoms with Gasteiger partial charge in [-0.25, -0.2) is 9.79 Å². The molecule has 6 heteroatoms. The van der Waals surface area contributed by atoms with Gasteiger partial charge in [-0.15, -0.1) is 0 Å². The first-order valence-corrected chi connectivity index (χ1v) is 9.51. The van der Waals surface area contributed by atoms with Crippen LogP contribution in [0.5, 0.6) is 0 Å². The fourth-order valence-corrected chi connectivity index (χ4v) is 3.71. The summed E-state index contributed by atoms with van der Waals surface area (Å²) in [5.41, 5.74) is 1.80. The van der Waals surface area contributed by atoms with Crippen molar-refractivity contribution in [1.82, 2.24) is 4.90 Å². The second kappa shape index (κ2) is 8.22. The van der Waals surface area contributed by atoms with Gasteiger partial charge in [-0.3, -0.25) is 9.69 Å². The summed E-state index contributed by atoms with van der Waals surface area (Å²) in [6, 6.07) is 16.0. The van der Waals surface area contributed by atoms with E-state index in [1.807, 2.05) is 44.2 Å². The van der Waals surface area contributed by atoms with E-state index in [9.17, 15) is 9.59 Å². The molecular formula is C21H20N2O3S. The maximum Gasteiger partial charge on any atom is 0.335 e. The molecule has 2 aromatic carbocycles. The number of para-hydroxylation sites is 1. The van der Waals surface area contributed by atoms with Crippen molar-refractivity contribution >= 4 is 40.6 Å². The second-order valence-electron chi connectivity index (χ2n) is 6.20. The van der Waals surface area contributed by atoms with Crippen molar-refractivity contribution in [3.63, 3.8) is 0 Å². The molecule has 1 N–H and O–H groups in total. The molecule has 0 spiro atoms. The molecule has 0 aromatic heterocycles. The lowest BCUT2D eigenvalue weighted by molar-refractivity contribution is -0.123. The maximum atomic E-state index is 12.9. The summed E-state index contributed by atoms with van der Waals surface area (Å²) in [5, 5.41) is 9.66. The lowest BCUT2D eigenvalue weighted by Crippen LogP contribution is -2.36. The van der Waals surface area contributed by atoms with Crippen LogP contribution in [-0.4, -0.2) is 33.1 Å². The molecule has 27 heavy (non-hydrogen) atoms. The molecule has 1 heterocycles. The van der Waals surface area contributed by atoms with Crippen molar-refractivity contribution in [3.05, 3.63) is 70.6 Å². The van der Waals surface area contributed by atoms with Gasteiger partial charge in [0.2, 0.25) is 0 Å². The van der Waals surface area contributed by atoms with E-state index in [1.54, 1.807) is 23.1 Å². The van der Waals surface area contributed by atoms with E-state index < -0.39 is 5.97 Å². The highest BCUT2D eigenvalue weighted by Gasteiger charge is 2.36. The van der Waals surface area contributed by atoms with Crippen molar-refractivity contribution < 1.29 is 14.7 Å². The number of aliphatic imine (C=N–C) groups is 1. The standard InChI is InChI=1S/C21H20N2O3S/c1-3-14(2)23-19(24)18(13-15-9-11-16(12-10-15)20(25)26)27-21(23)22-17-7-5-4-6-8-17/h4-14H,3H2,1-2H3,(H,25,26)/b18-13+,22-21?. The number of hydrogen-bond acceptors (Lipinski definition) is 4. The molecular weight excluding hydrogens is 360 g/mol. The molecule has 1 atom stereocenters. The van der Waals surface area contributed by atoms with E-state index in [4.69, 9.17) is 5.11 Å². The molecule has 1 amide bonds. The average Bonchev–Trinajstić information content (AvgIpc) is 2.97. The van der Waals surface area contributed by atoms with Gasteiger partial charge in [0, 0.05) is 6.04 Å². The highest BCUT2D eigenvalue weighted by atomic mass is 32.2. The number of amides is 1. The number of carbonyl (C=O) groups excluding carboxylic acids is 1. The van der Waals surface area contributed by atoms with Gasteiger partial charge in [-0.05, 0) is 61.0 Å². The summed E-state index contributed by atoms with van der Waals surface area (Å²) in [6.45, 7) is 4.04. The highest BCUT2D eigenvalue weighted by Crippen LogP contribution is 2.35. The Kier molecular flexibility index (Phi) is 5.76. The molecule has 1 fully saturated rings. The van der Waals surface area contributed by atoms with Crippen LogP contribution in [0.1, 0.15) is 36.2 Å². The molecule has 5 nitrogen and oxygen atoms in total. The molecule has 138 valence electrons. The van der Waals surface area contributed by atoms with Gasteiger partial charge in [0.1, 0.15) is 0 Å². The molecule has 2 aromatic rings. The first-order chi connectivity index (χ1) is 13.0. The third-order valence-corrected chi connectivity index (χ3v) is 5.29. The van der Waals surface area contributed by atoms with Crippen LogP contribution in [0.15, 0.2) is 64.5 Å². The van der Waals surface area contributed by atoms with Gasteiger partial charge < -0.3 is 5.11 Å². The summed E-state index contributed by atoms with van der Waals surface area (Å²) in [7, 11) is 0. The minimum atomic E-state index is -0.972. The molecule has 0 radical (unpaired) electrons. The lowest BCUT2D eigenvalue weighted by atomic mass is 10.1. The quantitative estimate of drug-likeness (QED) is 0.758. The number of rotatable bonds is 5. The van der Waals surface area contributed by atoms with Crippen molar-refractivity contribution in [2.45, 2.75) is 26.3 Å². The number of amidine groups is 1. The van der Waals surface area contributed by atoms with E-state index in [0.717, 1.165) is 17.7 Å². The monoisotopic (exact) mass is 380 g/mol. The summed E-state index contributed by atoms with van der Waals surface area (Å²) in [4.78, 5) is 30.9. The first-order valence-electron chi connectivity index (χ1n) is 8.69. The normalized spacial score (nSPS) is 18.3. The topological polar surface area (TPSA) is 70.0 Å². The Bertz CT molecular complexity index is 905. The van der Waals surface area contributed by atoms with Gasteiger partial charge in [0.15, 0.2) is 5.17 Å². The Morgan fingerprint density at radius 1 is 1.19 bits per heavy atom. The minimum Gasteiger partial charge on any atom is -0.478 e. The van der Waals surface area contributed by atoms with E-state index in [1.165, 1.54) is 23.9 Å². The molecule has 0 saturated carbocycles. The van der Waals surface area contributed by atoms with Crippen LogP contribution in [-0.2, 0) is 4.79 Å². The number of carboxylic acid groups (broad SMARTS) is 1. The minimum absolute atomic E-state index is 0.0350. The Balaban J connectivity index is 1.94. The van der Waals surface area contributed by atoms with Crippen LogP contribution in [0.3, 0.4) is 0 Å². The zero-order valence-corrected chi connectivity index (χ0v) is 15.9. The third-order valence-electron chi connectivity index (χ3n) is 4.30. The van der Waals surface area contributed by atoms with Crippen LogP contribution < -0.4 is 0 Å². The Hall–Kier alpha value is -2.86. The van der Waals surface area contributed by atoms with Crippen molar-refractivity contribution in [1.29, 1.82) is 0 Å². The number of hydrogen-bond donors (Lipinski definition) is 1. The van der Waals surface area contributed by atoms with Gasteiger partial charge >= 0.3 is 5.97 Å². The van der Waals surface area contributed by atoms with E-state index in [0.29, 0.717) is 10.1 Å². The van der Waals surface area contributed by atoms with Crippen molar-refractivity contribution in [2.75, 3.05) is 0 Å². The Labute approximate surface area is 162 Å². The van der Waals surface area contributed by atoms with Crippen LogP contribution >= 0.6 is 11.8 Å². The SMILES string of the molecule is CCC(C)N1C(=O)/C(=C\c2ccc(C(=O)O)cc2)SC1=Nc1ccccc1. The summed E-state index contributed by atoms with van der Waals surface area (Å²) >= 11 is 1.34. The molecule has 0 bridgehead atoms. The van der Waals surface area contributed by atoms with Crippen LogP contribution in [0, 0.1) is 0 Å². The van der Waals surface area contributed by atoms with Gasteiger partial charge in [0.25, 0.3) is 5.91 Å². The zero-order chi connectivity index (χ0) is 19.4. The number of aromatic carboxylic acids is 1. The van der Waals surface area contributed by atoms with Gasteiger partial charge in [-0.2, -0.15) is 0 Å². The zero-order valence-electron chi connectivity index (χ0n) is 15.1. The smallest absolute Gasteiger partial charge is 0.335 e. The van der Waals surface area contributed by atoms with Gasteiger partial charge in [0.05, 0.1) is 16.2 Å². The van der Waals surface area contributed by atoms with E-state index in [2.05, 4.69) is 4.99 Å². The highest BCUT2D eigenvalue weighted by molar-refractivity contribution is 8.18. The summed E-state index contributed by atoms with van der Waals surface area (Å²) < 4.78 is 0. The fourth-order valence-electron chi connectivity index (χ4n) is 2.62. The number of nitrogens with zero attached hydrogens (tertiary/aromatic N) is 2. The van der Waals surface area contributed by atoms with E-state index in [-0.39, 0.29) is 17.5 Å². The molecule has 1 aliphatic heterocycles. The van der Waals surface area contributed by atoms with E-state index >= 15 is 0 Å². The molecule has 3 rings (SSSR count). The van der Waals surface area contributed by atoms with Crippen molar-refractivity contribution in [3.8, 4) is 0 Å². The largest absolute Gasteiger partial charge is 0.478 e. The van der Waals surface area contributed by atoms with Crippen molar-refractivity contribution in [2.24, 2.45) is 4.99 Å². The Morgan fingerprint density at radius 3 is 2.44 bits per heavy atom. The van der Waals surface area contributed by atoms with Crippen LogP contribution in [0.25, 0.3) is 6.08 Å². The number of carboxylic acids is 1. The maximum absolute atomic E-state index is 12.9. The van der Waals surface area contributed by atoms with Crippen LogP contribution in [0.4, 0.5) is 5.69 Å². The number of thioether (sulfide) groups is 1. The fraction of sp³-hybridized carbons (Fsp3) is 0.190. The first kappa shape index (κ1) is 18.9. The Morgan fingerprint density at radius 2 is 1.85 bits per heavy atom. The van der Waals surface area contributed by atoms with Gasteiger partial charge in [-0.1, -0.05) is 37.3 Å². The molecule has 1 unspecified atom stereocenters. The molecule has 1 saturated heterocycles. The second-order valence-corrected chi connectivity index (χ2v) is 7.21. The number of carbonyl (C=O) groups is 2. The summed E-state index contributed by atoms with van der Waals surface area (Å²) in [6.07, 6.45) is 2.60. The molecule has 1 aliphatic rings. The average molecular weight is 380 g/mol. The third kappa shape index (κ3) is 4.28. The predicted molar refractivity (Wildman–Crippen MR) is 109 cm³/mol. The van der Waals surface area contributed by atoms with Crippen LogP contribution in [0.2, 0.25) is 0 Å².